The van der Waals surface area contributed by atoms with Gasteiger partial charge in [0.15, 0.2) is 18.2 Å². The Morgan fingerprint density at radius 1 is 1.04 bits per heavy atom. The summed E-state index contributed by atoms with van der Waals surface area (Å²) in [5.74, 6) is -0.711. The molecule has 0 bridgehead atoms. The SMILES string of the molecule is O=C(COc1ccccc1F)Nc1ccc(CC(=O)N2CCCC2)cc1. The third-order valence-corrected chi connectivity index (χ3v) is 4.25. The van der Waals surface area contributed by atoms with E-state index in [1.54, 1.807) is 24.3 Å². The molecule has 0 radical (unpaired) electrons. The topological polar surface area (TPSA) is 58.6 Å². The van der Waals surface area contributed by atoms with Crippen LogP contribution in [0.2, 0.25) is 0 Å². The maximum atomic E-state index is 13.4. The number of amides is 2. The molecule has 1 fully saturated rings. The number of halogens is 1. The first kappa shape index (κ1) is 17.9. The Labute approximate surface area is 151 Å². The molecule has 136 valence electrons. The Kier molecular flexibility index (Phi) is 5.84. The number of hydrogen-bond donors (Lipinski definition) is 1. The van der Waals surface area contributed by atoms with Crippen LogP contribution in [0.25, 0.3) is 0 Å². The van der Waals surface area contributed by atoms with Crippen molar-refractivity contribution < 1.29 is 18.7 Å². The predicted octanol–water partition coefficient (Wildman–Crippen LogP) is 3.01. The lowest BCUT2D eigenvalue weighted by atomic mass is 10.1. The van der Waals surface area contributed by atoms with E-state index in [-0.39, 0.29) is 24.2 Å². The van der Waals surface area contributed by atoms with E-state index in [9.17, 15) is 14.0 Å². The fourth-order valence-electron chi connectivity index (χ4n) is 2.86. The molecule has 0 spiro atoms. The largest absolute Gasteiger partial charge is 0.481 e. The van der Waals surface area contributed by atoms with Gasteiger partial charge in [0.05, 0.1) is 6.42 Å². The van der Waals surface area contributed by atoms with E-state index >= 15 is 0 Å². The molecular weight excluding hydrogens is 335 g/mol. The molecule has 1 heterocycles. The van der Waals surface area contributed by atoms with Gasteiger partial charge in [-0.15, -0.1) is 0 Å². The molecule has 0 aromatic heterocycles. The maximum Gasteiger partial charge on any atom is 0.262 e. The van der Waals surface area contributed by atoms with Gasteiger partial charge in [-0.3, -0.25) is 9.59 Å². The predicted molar refractivity (Wildman–Crippen MR) is 96.5 cm³/mol. The second-order valence-corrected chi connectivity index (χ2v) is 6.23. The Hall–Kier alpha value is -2.89. The minimum absolute atomic E-state index is 0.0402. The Balaban J connectivity index is 1.48. The number of anilines is 1. The molecule has 1 saturated heterocycles. The second kappa shape index (κ2) is 8.47. The maximum absolute atomic E-state index is 13.4. The summed E-state index contributed by atoms with van der Waals surface area (Å²) in [7, 11) is 0. The minimum atomic E-state index is -0.507. The van der Waals surface area contributed by atoms with Gasteiger partial charge in [0.1, 0.15) is 0 Å². The summed E-state index contributed by atoms with van der Waals surface area (Å²) in [5, 5.41) is 2.69. The number of ether oxygens (including phenoxy) is 1. The molecule has 1 aliphatic heterocycles. The highest BCUT2D eigenvalue weighted by molar-refractivity contribution is 5.92. The van der Waals surface area contributed by atoms with Crippen LogP contribution >= 0.6 is 0 Å². The van der Waals surface area contributed by atoms with Crippen molar-refractivity contribution in [3.63, 3.8) is 0 Å². The number of para-hydroxylation sites is 1. The number of rotatable bonds is 6. The monoisotopic (exact) mass is 356 g/mol. The summed E-state index contributed by atoms with van der Waals surface area (Å²) in [6.45, 7) is 1.40. The zero-order valence-corrected chi connectivity index (χ0v) is 14.4. The summed E-state index contributed by atoms with van der Waals surface area (Å²) in [6.07, 6.45) is 2.52. The van der Waals surface area contributed by atoms with Crippen LogP contribution in [0.15, 0.2) is 48.5 Å². The van der Waals surface area contributed by atoms with Gasteiger partial charge >= 0.3 is 0 Å². The van der Waals surface area contributed by atoms with Crippen molar-refractivity contribution in [3.05, 3.63) is 59.9 Å². The summed E-state index contributed by atoms with van der Waals surface area (Å²) in [5.41, 5.74) is 1.51. The lowest BCUT2D eigenvalue weighted by Gasteiger charge is -2.15. The van der Waals surface area contributed by atoms with Crippen LogP contribution in [-0.4, -0.2) is 36.4 Å². The van der Waals surface area contributed by atoms with Gasteiger partial charge in [0.2, 0.25) is 5.91 Å². The Bertz CT molecular complexity index is 771. The van der Waals surface area contributed by atoms with Crippen LogP contribution in [0.3, 0.4) is 0 Å². The molecule has 2 aromatic rings. The van der Waals surface area contributed by atoms with Crippen molar-refractivity contribution in [3.8, 4) is 5.75 Å². The highest BCUT2D eigenvalue weighted by atomic mass is 19.1. The number of benzene rings is 2. The third kappa shape index (κ3) is 4.81. The lowest BCUT2D eigenvalue weighted by molar-refractivity contribution is -0.129. The first-order chi connectivity index (χ1) is 12.6. The first-order valence-electron chi connectivity index (χ1n) is 8.66. The quantitative estimate of drug-likeness (QED) is 0.866. The number of likely N-dealkylation sites (tertiary alicyclic amines) is 1. The van der Waals surface area contributed by atoms with Crippen LogP contribution in [-0.2, 0) is 16.0 Å². The Morgan fingerprint density at radius 3 is 2.42 bits per heavy atom. The van der Waals surface area contributed by atoms with Crippen LogP contribution in [0.4, 0.5) is 10.1 Å². The molecule has 2 aromatic carbocycles. The van der Waals surface area contributed by atoms with E-state index in [1.807, 2.05) is 17.0 Å². The van der Waals surface area contributed by atoms with Crippen LogP contribution in [0, 0.1) is 5.82 Å². The van der Waals surface area contributed by atoms with E-state index in [2.05, 4.69) is 5.32 Å². The smallest absolute Gasteiger partial charge is 0.262 e. The third-order valence-electron chi connectivity index (χ3n) is 4.25. The highest BCUT2D eigenvalue weighted by Crippen LogP contribution is 2.16. The van der Waals surface area contributed by atoms with Crippen LogP contribution in [0.5, 0.6) is 5.75 Å². The molecule has 0 saturated carbocycles. The zero-order chi connectivity index (χ0) is 18.4. The van der Waals surface area contributed by atoms with Crippen molar-refractivity contribution in [1.29, 1.82) is 0 Å². The molecule has 5 nitrogen and oxygen atoms in total. The molecule has 0 aliphatic carbocycles. The van der Waals surface area contributed by atoms with Gasteiger partial charge < -0.3 is 15.0 Å². The number of carbonyl (C=O) groups excluding carboxylic acids is 2. The summed E-state index contributed by atoms with van der Waals surface area (Å²) in [4.78, 5) is 25.9. The fraction of sp³-hybridized carbons (Fsp3) is 0.300. The molecule has 3 rings (SSSR count). The highest BCUT2D eigenvalue weighted by Gasteiger charge is 2.17. The van der Waals surface area contributed by atoms with Crippen LogP contribution < -0.4 is 10.1 Å². The lowest BCUT2D eigenvalue weighted by Crippen LogP contribution is -2.29. The molecular formula is C20H21FN2O3. The molecule has 0 unspecified atom stereocenters. The summed E-state index contributed by atoms with van der Waals surface area (Å²) in [6, 6.07) is 13.1. The van der Waals surface area contributed by atoms with Gasteiger partial charge in [-0.25, -0.2) is 4.39 Å². The van der Waals surface area contributed by atoms with Crippen molar-refractivity contribution >= 4 is 17.5 Å². The number of carbonyl (C=O) groups is 2. The van der Waals surface area contributed by atoms with E-state index in [4.69, 9.17) is 4.74 Å². The van der Waals surface area contributed by atoms with Gasteiger partial charge in [-0.1, -0.05) is 24.3 Å². The van der Waals surface area contributed by atoms with Gasteiger partial charge in [0.25, 0.3) is 5.91 Å². The minimum Gasteiger partial charge on any atom is -0.481 e. The number of nitrogens with zero attached hydrogens (tertiary/aromatic N) is 1. The molecule has 1 N–H and O–H groups in total. The molecule has 0 atom stereocenters. The normalized spacial score (nSPS) is 13.5. The first-order valence-corrected chi connectivity index (χ1v) is 8.66. The van der Waals surface area contributed by atoms with Gasteiger partial charge in [0, 0.05) is 18.8 Å². The van der Waals surface area contributed by atoms with E-state index in [0.717, 1.165) is 31.5 Å². The van der Waals surface area contributed by atoms with Crippen LogP contribution in [0.1, 0.15) is 18.4 Å². The van der Waals surface area contributed by atoms with Crippen molar-refractivity contribution in [2.24, 2.45) is 0 Å². The zero-order valence-electron chi connectivity index (χ0n) is 14.4. The summed E-state index contributed by atoms with van der Waals surface area (Å²) >= 11 is 0. The van der Waals surface area contributed by atoms with Crippen molar-refractivity contribution in [1.82, 2.24) is 4.90 Å². The Morgan fingerprint density at radius 2 is 1.73 bits per heavy atom. The number of hydrogen-bond acceptors (Lipinski definition) is 3. The molecule has 26 heavy (non-hydrogen) atoms. The summed E-state index contributed by atoms with van der Waals surface area (Å²) < 4.78 is 18.6. The second-order valence-electron chi connectivity index (χ2n) is 6.23. The standard InChI is InChI=1S/C20H21FN2O3/c21-17-5-1-2-6-18(17)26-14-19(24)22-16-9-7-15(8-10-16)13-20(25)23-11-3-4-12-23/h1-2,5-10H,3-4,11-14H2,(H,22,24). The van der Waals surface area contributed by atoms with E-state index in [1.165, 1.54) is 12.1 Å². The molecule has 1 aliphatic rings. The van der Waals surface area contributed by atoms with E-state index in [0.29, 0.717) is 12.1 Å². The van der Waals surface area contributed by atoms with Crippen molar-refractivity contribution in [2.45, 2.75) is 19.3 Å². The van der Waals surface area contributed by atoms with Gasteiger partial charge in [-0.05, 0) is 42.7 Å². The fourth-order valence-corrected chi connectivity index (χ4v) is 2.86. The average molecular weight is 356 g/mol. The molecule has 2 amide bonds. The van der Waals surface area contributed by atoms with E-state index < -0.39 is 5.82 Å². The molecule has 6 heteroatoms. The number of nitrogens with one attached hydrogen (secondary N) is 1. The average Bonchev–Trinajstić information content (AvgIpc) is 3.17. The van der Waals surface area contributed by atoms with Crippen molar-refractivity contribution in [2.75, 3.05) is 25.0 Å². The van der Waals surface area contributed by atoms with Gasteiger partial charge in [-0.2, -0.15) is 0 Å².